The number of amides is 1. The minimum atomic E-state index is -1.30. The topological polar surface area (TPSA) is 120 Å². The third-order valence-electron chi connectivity index (χ3n) is 4.59. The van der Waals surface area contributed by atoms with Gasteiger partial charge in [-0.1, -0.05) is 13.3 Å². The van der Waals surface area contributed by atoms with Crippen molar-refractivity contribution in [2.24, 2.45) is 16.8 Å². The van der Waals surface area contributed by atoms with Crippen molar-refractivity contribution in [2.75, 3.05) is 19.8 Å². The number of carbonyl (C=O) groups excluding carboxylic acids is 4. The molecule has 0 spiro atoms. The van der Waals surface area contributed by atoms with Crippen LogP contribution in [0.2, 0.25) is 0 Å². The molecule has 1 unspecified atom stereocenters. The van der Waals surface area contributed by atoms with Gasteiger partial charge in [0.2, 0.25) is 0 Å². The molecule has 1 aliphatic rings. The minimum absolute atomic E-state index is 0.0604. The molecule has 1 aliphatic heterocycles. The van der Waals surface area contributed by atoms with Gasteiger partial charge >= 0.3 is 17.9 Å². The number of esters is 3. The normalized spacial score (nSPS) is 19.5. The van der Waals surface area contributed by atoms with Gasteiger partial charge in [-0.15, -0.1) is 0 Å². The zero-order valence-electron chi connectivity index (χ0n) is 18.6. The maximum absolute atomic E-state index is 12.9. The SMILES string of the molecule is CCC[C@@H](C)NC(=O)COC(=O)[C@@H]1C(C(=O)OCC)=C(C)N=C(C)C1C(=O)OCC. The molecule has 1 amide bonds. The monoisotopic (exact) mass is 424 g/mol. The van der Waals surface area contributed by atoms with Crippen molar-refractivity contribution in [1.82, 2.24) is 5.32 Å². The Hall–Kier alpha value is -2.71. The Kier molecular flexibility index (Phi) is 10.2. The fourth-order valence-corrected chi connectivity index (χ4v) is 3.35. The third kappa shape index (κ3) is 6.67. The lowest BCUT2D eigenvalue weighted by Gasteiger charge is -2.29. The number of ether oxygens (including phenoxy) is 3. The zero-order valence-corrected chi connectivity index (χ0v) is 18.6. The number of hydrogen-bond acceptors (Lipinski definition) is 8. The summed E-state index contributed by atoms with van der Waals surface area (Å²) in [6, 6.07) is -0.0604. The molecule has 1 rings (SSSR count). The van der Waals surface area contributed by atoms with E-state index in [9.17, 15) is 19.2 Å². The molecule has 0 fully saturated rings. The van der Waals surface area contributed by atoms with Gasteiger partial charge in [-0.25, -0.2) is 4.79 Å². The summed E-state index contributed by atoms with van der Waals surface area (Å²) in [6.45, 7) is 9.90. The van der Waals surface area contributed by atoms with Crippen molar-refractivity contribution in [3.05, 3.63) is 11.3 Å². The van der Waals surface area contributed by atoms with E-state index in [1.807, 2.05) is 13.8 Å². The van der Waals surface area contributed by atoms with Gasteiger partial charge in [-0.2, -0.15) is 0 Å². The molecule has 0 aromatic heterocycles. The van der Waals surface area contributed by atoms with Gasteiger partial charge in [0, 0.05) is 17.5 Å². The van der Waals surface area contributed by atoms with E-state index >= 15 is 0 Å². The quantitative estimate of drug-likeness (QED) is 0.420. The van der Waals surface area contributed by atoms with Crippen molar-refractivity contribution < 1.29 is 33.4 Å². The molecular weight excluding hydrogens is 392 g/mol. The number of hydrogen-bond donors (Lipinski definition) is 1. The molecule has 9 heteroatoms. The van der Waals surface area contributed by atoms with Crippen LogP contribution in [0.25, 0.3) is 0 Å². The Labute approximate surface area is 177 Å². The predicted octanol–water partition coefficient (Wildman–Crippen LogP) is 1.94. The maximum atomic E-state index is 12.9. The van der Waals surface area contributed by atoms with Crippen LogP contribution in [-0.4, -0.2) is 55.4 Å². The van der Waals surface area contributed by atoms with Crippen molar-refractivity contribution in [2.45, 2.75) is 60.4 Å². The molecule has 0 saturated heterocycles. The van der Waals surface area contributed by atoms with Crippen LogP contribution in [0, 0.1) is 11.8 Å². The molecular formula is C21H32N2O7. The molecule has 0 aliphatic carbocycles. The highest BCUT2D eigenvalue weighted by Gasteiger charge is 2.46. The molecule has 9 nitrogen and oxygen atoms in total. The smallest absolute Gasteiger partial charge is 0.336 e. The lowest BCUT2D eigenvalue weighted by Crippen LogP contribution is -2.43. The van der Waals surface area contributed by atoms with Crippen molar-refractivity contribution in [1.29, 1.82) is 0 Å². The second-order valence-electron chi connectivity index (χ2n) is 7.05. The second kappa shape index (κ2) is 12.1. The average Bonchev–Trinajstić information content (AvgIpc) is 2.65. The summed E-state index contributed by atoms with van der Waals surface area (Å²) in [6.07, 6.45) is 1.69. The summed E-state index contributed by atoms with van der Waals surface area (Å²) in [5.74, 6) is -5.25. The molecule has 1 heterocycles. The van der Waals surface area contributed by atoms with Gasteiger partial charge < -0.3 is 19.5 Å². The first-order chi connectivity index (χ1) is 14.2. The van der Waals surface area contributed by atoms with Crippen molar-refractivity contribution >= 4 is 29.5 Å². The van der Waals surface area contributed by atoms with E-state index < -0.39 is 42.3 Å². The number of carbonyl (C=O) groups is 4. The standard InChI is InChI=1S/C21H32N2O7/c1-7-10-12(4)22-15(24)11-30-21(27)18-16(19(25)28-8-2)13(5)23-14(6)17(18)20(26)29-9-3/h12,16,18H,7-11H2,1-6H3,(H,22,24)/t12-,16?,18+/m1/s1. The molecule has 3 atom stereocenters. The third-order valence-corrected chi connectivity index (χ3v) is 4.59. The van der Waals surface area contributed by atoms with E-state index in [0.29, 0.717) is 5.71 Å². The fourth-order valence-electron chi connectivity index (χ4n) is 3.35. The van der Waals surface area contributed by atoms with Crippen LogP contribution < -0.4 is 5.32 Å². The van der Waals surface area contributed by atoms with Crippen LogP contribution in [0.4, 0.5) is 0 Å². The van der Waals surface area contributed by atoms with Gasteiger partial charge in [0.25, 0.3) is 5.91 Å². The Morgan fingerprint density at radius 3 is 2.13 bits per heavy atom. The number of nitrogens with one attached hydrogen (secondary N) is 1. The summed E-state index contributed by atoms with van der Waals surface area (Å²) in [7, 11) is 0. The largest absolute Gasteiger partial charge is 0.465 e. The Morgan fingerprint density at radius 2 is 1.57 bits per heavy atom. The van der Waals surface area contributed by atoms with Gasteiger partial charge in [-0.05, 0) is 41.0 Å². The van der Waals surface area contributed by atoms with Crippen LogP contribution in [0.1, 0.15) is 54.4 Å². The highest BCUT2D eigenvalue weighted by Crippen LogP contribution is 2.33. The van der Waals surface area contributed by atoms with Crippen LogP contribution in [0.15, 0.2) is 16.3 Å². The summed E-state index contributed by atoms with van der Waals surface area (Å²) in [5, 5.41) is 2.73. The highest BCUT2D eigenvalue weighted by atomic mass is 16.5. The average molecular weight is 424 g/mol. The molecule has 168 valence electrons. The van der Waals surface area contributed by atoms with Crippen LogP contribution in [0.3, 0.4) is 0 Å². The van der Waals surface area contributed by atoms with E-state index in [-0.39, 0.29) is 30.5 Å². The Morgan fingerprint density at radius 1 is 0.967 bits per heavy atom. The van der Waals surface area contributed by atoms with E-state index in [1.54, 1.807) is 27.7 Å². The number of aliphatic imine (C=N–C) groups is 1. The molecule has 1 N–H and O–H groups in total. The van der Waals surface area contributed by atoms with E-state index in [0.717, 1.165) is 12.8 Å². The van der Waals surface area contributed by atoms with Gasteiger partial charge in [0.15, 0.2) is 6.61 Å². The molecule has 0 aromatic rings. The van der Waals surface area contributed by atoms with Crippen LogP contribution in [-0.2, 0) is 33.4 Å². The molecule has 30 heavy (non-hydrogen) atoms. The van der Waals surface area contributed by atoms with Gasteiger partial charge in [0.1, 0.15) is 11.8 Å². The first-order valence-corrected chi connectivity index (χ1v) is 10.2. The minimum Gasteiger partial charge on any atom is -0.465 e. The Balaban J connectivity index is 3.13. The lowest BCUT2D eigenvalue weighted by atomic mass is 9.79. The summed E-state index contributed by atoms with van der Waals surface area (Å²) in [4.78, 5) is 54.3. The van der Waals surface area contributed by atoms with Crippen molar-refractivity contribution in [3.8, 4) is 0 Å². The number of rotatable bonds is 10. The van der Waals surface area contributed by atoms with Gasteiger partial charge in [0.05, 0.1) is 18.8 Å². The summed E-state index contributed by atoms with van der Waals surface area (Å²) >= 11 is 0. The van der Waals surface area contributed by atoms with Gasteiger partial charge in [-0.3, -0.25) is 19.4 Å². The van der Waals surface area contributed by atoms with E-state index in [4.69, 9.17) is 14.2 Å². The van der Waals surface area contributed by atoms with E-state index in [1.165, 1.54) is 0 Å². The van der Waals surface area contributed by atoms with Crippen molar-refractivity contribution in [3.63, 3.8) is 0 Å². The first kappa shape index (κ1) is 25.3. The van der Waals surface area contributed by atoms with Crippen LogP contribution >= 0.6 is 0 Å². The second-order valence-corrected chi connectivity index (χ2v) is 7.05. The lowest BCUT2D eigenvalue weighted by molar-refractivity contribution is -0.159. The number of nitrogens with zero attached hydrogens (tertiary/aromatic N) is 1. The molecule has 0 radical (unpaired) electrons. The Bertz CT molecular complexity index is 727. The summed E-state index contributed by atoms with van der Waals surface area (Å²) < 4.78 is 15.3. The summed E-state index contributed by atoms with van der Waals surface area (Å²) in [5.41, 5.74) is 0.515. The molecule has 0 aromatic carbocycles. The number of allylic oxidation sites excluding steroid dienone is 1. The molecule has 0 bridgehead atoms. The molecule has 0 saturated carbocycles. The maximum Gasteiger partial charge on any atom is 0.336 e. The first-order valence-electron chi connectivity index (χ1n) is 10.2. The van der Waals surface area contributed by atoms with E-state index in [2.05, 4.69) is 10.3 Å². The predicted molar refractivity (Wildman–Crippen MR) is 110 cm³/mol. The zero-order chi connectivity index (χ0) is 22.8. The van der Waals surface area contributed by atoms with Crippen LogP contribution in [0.5, 0.6) is 0 Å². The fraction of sp³-hybridized carbons (Fsp3) is 0.667. The highest BCUT2D eigenvalue weighted by molar-refractivity contribution is 6.10.